The smallest absolute Gasteiger partial charge is 0.410 e. The van der Waals surface area contributed by atoms with Crippen molar-refractivity contribution in [3.63, 3.8) is 0 Å². The minimum atomic E-state index is -0.475. The number of hydrogen-bond acceptors (Lipinski definition) is 4. The zero-order valence-electron chi connectivity index (χ0n) is 14.4. The molecule has 0 spiro atoms. The zero-order valence-corrected chi connectivity index (χ0v) is 14.4. The molecule has 2 fully saturated rings. The molecule has 2 rings (SSSR count). The first-order valence-electron chi connectivity index (χ1n) is 8.68. The van der Waals surface area contributed by atoms with Crippen LogP contribution in [0.1, 0.15) is 59.3 Å². The number of likely N-dealkylation sites (tertiary alicyclic amines) is 1. The highest BCUT2D eigenvalue weighted by Crippen LogP contribution is 2.28. The summed E-state index contributed by atoms with van der Waals surface area (Å²) in [5, 5.41) is 13.7. The highest BCUT2D eigenvalue weighted by molar-refractivity contribution is 5.68. The third-order valence-electron chi connectivity index (χ3n) is 4.69. The Hall–Kier alpha value is -0.810. The van der Waals surface area contributed by atoms with Gasteiger partial charge in [0, 0.05) is 19.6 Å². The number of amides is 1. The number of aliphatic hydroxyl groups is 1. The van der Waals surface area contributed by atoms with Gasteiger partial charge in [-0.2, -0.15) is 0 Å². The summed E-state index contributed by atoms with van der Waals surface area (Å²) in [6.07, 6.45) is 5.96. The average Bonchev–Trinajstić information content (AvgIpc) is 2.84. The Morgan fingerprint density at radius 1 is 1.27 bits per heavy atom. The van der Waals surface area contributed by atoms with Crippen LogP contribution < -0.4 is 5.32 Å². The number of carbonyl (C=O) groups is 1. The van der Waals surface area contributed by atoms with Gasteiger partial charge in [0.1, 0.15) is 5.60 Å². The van der Waals surface area contributed by atoms with Crippen molar-refractivity contribution in [1.82, 2.24) is 10.2 Å². The van der Waals surface area contributed by atoms with Crippen molar-refractivity contribution in [2.45, 2.75) is 70.5 Å². The summed E-state index contributed by atoms with van der Waals surface area (Å²) in [4.78, 5) is 13.8. The lowest BCUT2D eigenvalue weighted by atomic mass is 9.96. The Morgan fingerprint density at radius 2 is 1.86 bits per heavy atom. The number of rotatable bonds is 4. The van der Waals surface area contributed by atoms with Crippen LogP contribution in [0.2, 0.25) is 0 Å². The van der Waals surface area contributed by atoms with E-state index in [2.05, 4.69) is 5.32 Å². The SMILES string of the molecule is CC(C)(C)OC(=O)N1CCC(CNCC2(O)CCCC2)CC1. The van der Waals surface area contributed by atoms with Crippen LogP contribution in [0.3, 0.4) is 0 Å². The quantitative estimate of drug-likeness (QED) is 0.837. The second kappa shape index (κ2) is 7.18. The second-order valence-electron chi connectivity index (χ2n) is 7.97. The monoisotopic (exact) mass is 312 g/mol. The van der Waals surface area contributed by atoms with E-state index >= 15 is 0 Å². The maximum atomic E-state index is 12.0. The fourth-order valence-electron chi connectivity index (χ4n) is 3.37. The molecule has 1 aliphatic carbocycles. The Balaban J connectivity index is 1.63. The van der Waals surface area contributed by atoms with Gasteiger partial charge in [0.05, 0.1) is 5.60 Å². The number of ether oxygens (including phenoxy) is 1. The number of nitrogens with zero attached hydrogens (tertiary/aromatic N) is 1. The van der Waals surface area contributed by atoms with E-state index in [1.54, 1.807) is 0 Å². The molecule has 0 atom stereocenters. The molecule has 1 heterocycles. The predicted octanol–water partition coefficient (Wildman–Crippen LogP) is 2.53. The molecule has 1 saturated carbocycles. The molecule has 128 valence electrons. The van der Waals surface area contributed by atoms with E-state index in [4.69, 9.17) is 4.74 Å². The fourth-order valence-corrected chi connectivity index (χ4v) is 3.37. The summed E-state index contributed by atoms with van der Waals surface area (Å²) in [5.41, 5.74) is -0.899. The van der Waals surface area contributed by atoms with E-state index in [1.165, 1.54) is 0 Å². The first kappa shape index (κ1) is 17.5. The molecule has 0 aromatic heterocycles. The van der Waals surface area contributed by atoms with Gasteiger partial charge < -0.3 is 20.1 Å². The lowest BCUT2D eigenvalue weighted by Crippen LogP contribution is -2.45. The molecule has 22 heavy (non-hydrogen) atoms. The van der Waals surface area contributed by atoms with Crippen LogP contribution in [0.25, 0.3) is 0 Å². The molecule has 5 nitrogen and oxygen atoms in total. The summed E-state index contributed by atoms with van der Waals surface area (Å²) in [5.74, 6) is 0.587. The van der Waals surface area contributed by atoms with Crippen LogP contribution in [0.4, 0.5) is 4.79 Å². The van der Waals surface area contributed by atoms with Gasteiger partial charge in [0.25, 0.3) is 0 Å². The van der Waals surface area contributed by atoms with E-state index < -0.39 is 11.2 Å². The van der Waals surface area contributed by atoms with Crippen molar-refractivity contribution < 1.29 is 14.6 Å². The summed E-state index contributed by atoms with van der Waals surface area (Å²) in [6.45, 7) is 8.88. The molecule has 0 aromatic carbocycles. The van der Waals surface area contributed by atoms with Crippen molar-refractivity contribution in [2.75, 3.05) is 26.2 Å². The van der Waals surface area contributed by atoms with Crippen LogP contribution in [-0.4, -0.2) is 53.5 Å². The summed E-state index contributed by atoms with van der Waals surface area (Å²) in [6, 6.07) is 0. The van der Waals surface area contributed by atoms with Crippen molar-refractivity contribution in [3.05, 3.63) is 0 Å². The zero-order chi connectivity index (χ0) is 16.2. The highest BCUT2D eigenvalue weighted by atomic mass is 16.6. The van der Waals surface area contributed by atoms with Crippen LogP contribution in [-0.2, 0) is 4.74 Å². The van der Waals surface area contributed by atoms with Gasteiger partial charge in [-0.15, -0.1) is 0 Å². The molecule has 0 unspecified atom stereocenters. The first-order chi connectivity index (χ1) is 10.3. The molecule has 5 heteroatoms. The van der Waals surface area contributed by atoms with Crippen LogP contribution in [0.5, 0.6) is 0 Å². The Bertz CT molecular complexity index is 365. The van der Waals surface area contributed by atoms with E-state index in [-0.39, 0.29) is 6.09 Å². The van der Waals surface area contributed by atoms with E-state index in [9.17, 15) is 9.90 Å². The van der Waals surface area contributed by atoms with Crippen molar-refractivity contribution in [1.29, 1.82) is 0 Å². The number of nitrogens with one attached hydrogen (secondary N) is 1. The third kappa shape index (κ3) is 5.43. The van der Waals surface area contributed by atoms with Gasteiger partial charge in [-0.3, -0.25) is 0 Å². The molecule has 0 aromatic rings. The Labute approximate surface area is 134 Å². The van der Waals surface area contributed by atoms with Crippen molar-refractivity contribution in [2.24, 2.45) is 5.92 Å². The molecule has 2 N–H and O–H groups in total. The van der Waals surface area contributed by atoms with Crippen LogP contribution in [0.15, 0.2) is 0 Å². The maximum absolute atomic E-state index is 12.0. The minimum absolute atomic E-state index is 0.195. The largest absolute Gasteiger partial charge is 0.444 e. The number of piperidine rings is 1. The molecular weight excluding hydrogens is 280 g/mol. The lowest BCUT2D eigenvalue weighted by Gasteiger charge is -2.34. The standard InChI is InChI=1S/C17H32N2O3/c1-16(2,3)22-15(20)19-10-6-14(7-11-19)12-18-13-17(21)8-4-5-9-17/h14,18,21H,4-13H2,1-3H3. The van der Waals surface area contributed by atoms with Crippen LogP contribution in [0, 0.1) is 5.92 Å². The average molecular weight is 312 g/mol. The number of hydrogen-bond donors (Lipinski definition) is 2. The molecule has 0 bridgehead atoms. The molecular formula is C17H32N2O3. The van der Waals surface area contributed by atoms with Gasteiger partial charge in [-0.05, 0) is 58.9 Å². The van der Waals surface area contributed by atoms with E-state index in [0.717, 1.165) is 58.2 Å². The Kier molecular flexibility index (Phi) is 5.72. The van der Waals surface area contributed by atoms with Crippen molar-refractivity contribution >= 4 is 6.09 Å². The highest BCUT2D eigenvalue weighted by Gasteiger charge is 2.31. The summed E-state index contributed by atoms with van der Waals surface area (Å²) in [7, 11) is 0. The normalized spacial score (nSPS) is 22.8. The van der Waals surface area contributed by atoms with E-state index in [1.807, 2.05) is 25.7 Å². The molecule has 1 saturated heterocycles. The molecule has 2 aliphatic rings. The molecule has 0 radical (unpaired) electrons. The summed E-state index contributed by atoms with van der Waals surface area (Å²) >= 11 is 0. The van der Waals surface area contributed by atoms with Gasteiger partial charge in [0.2, 0.25) is 0 Å². The van der Waals surface area contributed by atoms with Gasteiger partial charge >= 0.3 is 6.09 Å². The number of carbonyl (C=O) groups excluding carboxylic acids is 1. The minimum Gasteiger partial charge on any atom is -0.444 e. The van der Waals surface area contributed by atoms with Gasteiger partial charge in [0.15, 0.2) is 0 Å². The fraction of sp³-hybridized carbons (Fsp3) is 0.941. The molecule has 1 aliphatic heterocycles. The first-order valence-corrected chi connectivity index (χ1v) is 8.68. The second-order valence-corrected chi connectivity index (χ2v) is 7.97. The Morgan fingerprint density at radius 3 is 2.41 bits per heavy atom. The molecule has 1 amide bonds. The van der Waals surface area contributed by atoms with Gasteiger partial charge in [-0.1, -0.05) is 12.8 Å². The van der Waals surface area contributed by atoms with E-state index in [0.29, 0.717) is 12.5 Å². The van der Waals surface area contributed by atoms with Crippen molar-refractivity contribution in [3.8, 4) is 0 Å². The maximum Gasteiger partial charge on any atom is 0.410 e. The topological polar surface area (TPSA) is 61.8 Å². The predicted molar refractivity (Wildman–Crippen MR) is 86.8 cm³/mol. The van der Waals surface area contributed by atoms with Gasteiger partial charge in [-0.25, -0.2) is 4.79 Å². The van der Waals surface area contributed by atoms with Crippen LogP contribution >= 0.6 is 0 Å². The third-order valence-corrected chi connectivity index (χ3v) is 4.69. The summed E-state index contributed by atoms with van der Waals surface area (Å²) < 4.78 is 5.41. The lowest BCUT2D eigenvalue weighted by molar-refractivity contribution is 0.0178.